The van der Waals surface area contributed by atoms with Gasteiger partial charge in [-0.1, -0.05) is 26.8 Å². The van der Waals surface area contributed by atoms with Gasteiger partial charge in [0.25, 0.3) is 0 Å². The first-order chi connectivity index (χ1) is 9.42. The normalized spacial score (nSPS) is 17.6. The third-order valence-corrected chi connectivity index (χ3v) is 4.41. The maximum absolute atomic E-state index is 11.7. The fourth-order valence-electron chi connectivity index (χ4n) is 2.29. The highest BCUT2D eigenvalue weighted by molar-refractivity contribution is 5.78. The number of likely N-dealkylation sites (N-methyl/N-ethyl adjacent to an activating group) is 1. The standard InChI is InChI=1S/C16H25N3O/c1-5-16(2,3)13-6-7-14(17-10-13)11-19-9-8-18(4)15(20)12-19/h6-7,10H,5,8-9,11-12H2,1-4H3. The molecule has 0 unspecified atom stereocenters. The van der Waals surface area contributed by atoms with E-state index in [2.05, 4.69) is 42.8 Å². The summed E-state index contributed by atoms with van der Waals surface area (Å²) in [6, 6.07) is 4.26. The van der Waals surface area contributed by atoms with Crippen LogP contribution < -0.4 is 0 Å². The van der Waals surface area contributed by atoms with Gasteiger partial charge >= 0.3 is 0 Å². The van der Waals surface area contributed by atoms with E-state index in [1.54, 1.807) is 4.90 Å². The molecule has 0 bridgehead atoms. The summed E-state index contributed by atoms with van der Waals surface area (Å²) in [4.78, 5) is 20.2. The molecule has 20 heavy (non-hydrogen) atoms. The summed E-state index contributed by atoms with van der Waals surface area (Å²) in [6.45, 7) is 9.66. The van der Waals surface area contributed by atoms with Crippen LogP contribution in [0.3, 0.4) is 0 Å². The molecule has 1 aromatic heterocycles. The summed E-state index contributed by atoms with van der Waals surface area (Å²) in [7, 11) is 1.86. The van der Waals surface area contributed by atoms with E-state index in [0.717, 1.165) is 31.7 Å². The maximum atomic E-state index is 11.7. The molecule has 0 saturated carbocycles. The van der Waals surface area contributed by atoms with E-state index in [9.17, 15) is 4.79 Å². The largest absolute Gasteiger partial charge is 0.343 e. The summed E-state index contributed by atoms with van der Waals surface area (Å²) in [5, 5.41) is 0. The van der Waals surface area contributed by atoms with Gasteiger partial charge in [0.1, 0.15) is 0 Å². The summed E-state index contributed by atoms with van der Waals surface area (Å²) in [5.74, 6) is 0.194. The minimum atomic E-state index is 0.176. The SMILES string of the molecule is CCC(C)(C)c1ccc(CN2CCN(C)C(=O)C2)nc1. The number of carbonyl (C=O) groups is 1. The van der Waals surface area contributed by atoms with Gasteiger partial charge in [0, 0.05) is 32.9 Å². The van der Waals surface area contributed by atoms with Crippen molar-refractivity contribution in [1.29, 1.82) is 0 Å². The Bertz CT molecular complexity index is 467. The van der Waals surface area contributed by atoms with Gasteiger partial charge in [0.05, 0.1) is 12.2 Å². The van der Waals surface area contributed by atoms with Crippen LogP contribution in [0.15, 0.2) is 18.3 Å². The van der Waals surface area contributed by atoms with E-state index in [1.165, 1.54) is 5.56 Å². The summed E-state index contributed by atoms with van der Waals surface area (Å²) >= 11 is 0. The summed E-state index contributed by atoms with van der Waals surface area (Å²) in [5.41, 5.74) is 2.49. The van der Waals surface area contributed by atoms with Crippen LogP contribution in [0.2, 0.25) is 0 Å². The van der Waals surface area contributed by atoms with Crippen molar-refractivity contribution >= 4 is 5.91 Å². The first kappa shape index (κ1) is 15.0. The topological polar surface area (TPSA) is 36.4 Å². The Morgan fingerprint density at radius 2 is 2.05 bits per heavy atom. The van der Waals surface area contributed by atoms with Crippen molar-refractivity contribution in [3.05, 3.63) is 29.6 Å². The second kappa shape index (κ2) is 5.92. The lowest BCUT2D eigenvalue weighted by molar-refractivity contribution is -0.134. The molecule has 0 aliphatic carbocycles. The molecule has 1 aliphatic rings. The van der Waals surface area contributed by atoms with Crippen LogP contribution in [-0.2, 0) is 16.8 Å². The number of hydrogen-bond donors (Lipinski definition) is 0. The second-order valence-electron chi connectivity index (χ2n) is 6.30. The minimum absolute atomic E-state index is 0.176. The molecule has 110 valence electrons. The fourth-order valence-corrected chi connectivity index (χ4v) is 2.29. The van der Waals surface area contributed by atoms with Crippen LogP contribution in [-0.4, -0.2) is 47.4 Å². The number of hydrogen-bond acceptors (Lipinski definition) is 3. The highest BCUT2D eigenvalue weighted by Crippen LogP contribution is 2.25. The van der Waals surface area contributed by atoms with Crippen LogP contribution in [0, 0.1) is 0 Å². The number of rotatable bonds is 4. The van der Waals surface area contributed by atoms with Crippen molar-refractivity contribution in [1.82, 2.24) is 14.8 Å². The fraction of sp³-hybridized carbons (Fsp3) is 0.625. The smallest absolute Gasteiger partial charge is 0.236 e. The van der Waals surface area contributed by atoms with E-state index in [0.29, 0.717) is 6.54 Å². The number of aromatic nitrogens is 1. The Kier molecular flexibility index (Phi) is 4.43. The van der Waals surface area contributed by atoms with Crippen LogP contribution in [0.1, 0.15) is 38.4 Å². The quantitative estimate of drug-likeness (QED) is 0.844. The molecule has 0 N–H and O–H groups in total. The molecule has 0 spiro atoms. The molecule has 1 amide bonds. The number of pyridine rings is 1. The molecule has 4 heteroatoms. The number of nitrogens with zero attached hydrogens (tertiary/aromatic N) is 3. The Morgan fingerprint density at radius 3 is 2.60 bits per heavy atom. The summed E-state index contributed by atoms with van der Waals surface area (Å²) < 4.78 is 0. The number of piperazine rings is 1. The third kappa shape index (κ3) is 3.37. The maximum Gasteiger partial charge on any atom is 0.236 e. The van der Waals surface area contributed by atoms with Crippen molar-refractivity contribution in [2.75, 3.05) is 26.7 Å². The predicted molar refractivity (Wildman–Crippen MR) is 80.5 cm³/mol. The lowest BCUT2D eigenvalue weighted by Gasteiger charge is -2.31. The van der Waals surface area contributed by atoms with Gasteiger partial charge in [-0.2, -0.15) is 0 Å². The molecule has 0 atom stereocenters. The molecule has 2 rings (SSSR count). The molecule has 1 aromatic rings. The van der Waals surface area contributed by atoms with Gasteiger partial charge in [-0.05, 0) is 23.5 Å². The van der Waals surface area contributed by atoms with Crippen LogP contribution in [0.25, 0.3) is 0 Å². The average molecular weight is 275 g/mol. The van der Waals surface area contributed by atoms with Gasteiger partial charge in [0.15, 0.2) is 0 Å². The summed E-state index contributed by atoms with van der Waals surface area (Å²) in [6.07, 6.45) is 3.08. The Hall–Kier alpha value is -1.42. The number of carbonyl (C=O) groups excluding carboxylic acids is 1. The zero-order chi connectivity index (χ0) is 14.8. The molecule has 0 radical (unpaired) electrons. The third-order valence-electron chi connectivity index (χ3n) is 4.41. The van der Waals surface area contributed by atoms with Crippen LogP contribution in [0.4, 0.5) is 0 Å². The monoisotopic (exact) mass is 275 g/mol. The second-order valence-corrected chi connectivity index (χ2v) is 6.30. The van der Waals surface area contributed by atoms with E-state index in [-0.39, 0.29) is 11.3 Å². The average Bonchev–Trinajstić information content (AvgIpc) is 2.43. The molecule has 2 heterocycles. The first-order valence-corrected chi connectivity index (χ1v) is 7.34. The van der Waals surface area contributed by atoms with E-state index < -0.39 is 0 Å². The van der Waals surface area contributed by atoms with Gasteiger partial charge in [-0.3, -0.25) is 14.7 Å². The first-order valence-electron chi connectivity index (χ1n) is 7.34. The molecular weight excluding hydrogens is 250 g/mol. The predicted octanol–water partition coefficient (Wildman–Crippen LogP) is 2.04. The van der Waals surface area contributed by atoms with Crippen molar-refractivity contribution in [2.45, 2.75) is 39.2 Å². The molecule has 1 aliphatic heterocycles. The Balaban J connectivity index is 1.99. The molecule has 0 aromatic carbocycles. The molecule has 1 saturated heterocycles. The highest BCUT2D eigenvalue weighted by atomic mass is 16.2. The van der Waals surface area contributed by atoms with Gasteiger partial charge in [-0.25, -0.2) is 0 Å². The van der Waals surface area contributed by atoms with Crippen LogP contribution >= 0.6 is 0 Å². The van der Waals surface area contributed by atoms with Crippen LogP contribution in [0.5, 0.6) is 0 Å². The molecular formula is C16H25N3O. The zero-order valence-electron chi connectivity index (χ0n) is 13.0. The zero-order valence-corrected chi connectivity index (χ0v) is 13.0. The van der Waals surface area contributed by atoms with Gasteiger partial charge in [0.2, 0.25) is 5.91 Å². The molecule has 4 nitrogen and oxygen atoms in total. The van der Waals surface area contributed by atoms with Gasteiger partial charge in [-0.15, -0.1) is 0 Å². The minimum Gasteiger partial charge on any atom is -0.343 e. The van der Waals surface area contributed by atoms with Crippen molar-refractivity contribution in [3.63, 3.8) is 0 Å². The van der Waals surface area contributed by atoms with Crippen molar-refractivity contribution in [3.8, 4) is 0 Å². The van der Waals surface area contributed by atoms with Crippen molar-refractivity contribution < 1.29 is 4.79 Å². The lowest BCUT2D eigenvalue weighted by Crippen LogP contribution is -2.48. The van der Waals surface area contributed by atoms with E-state index >= 15 is 0 Å². The van der Waals surface area contributed by atoms with Gasteiger partial charge < -0.3 is 4.90 Å². The number of amides is 1. The Morgan fingerprint density at radius 1 is 1.30 bits per heavy atom. The Labute approximate surface area is 121 Å². The van der Waals surface area contributed by atoms with E-state index in [4.69, 9.17) is 0 Å². The molecule has 1 fully saturated rings. The highest BCUT2D eigenvalue weighted by Gasteiger charge is 2.22. The van der Waals surface area contributed by atoms with Crippen molar-refractivity contribution in [2.24, 2.45) is 0 Å². The van der Waals surface area contributed by atoms with E-state index in [1.807, 2.05) is 13.2 Å². The lowest BCUT2D eigenvalue weighted by atomic mass is 9.83.